The minimum atomic E-state index is -0.168. The van der Waals surface area contributed by atoms with Gasteiger partial charge in [0, 0.05) is 0 Å². The number of carbonyl (C=O) groups is 1. The summed E-state index contributed by atoms with van der Waals surface area (Å²) in [4.78, 5) is 31.1. The highest BCUT2D eigenvalue weighted by Crippen LogP contribution is 2.26. The number of Topliss-reactive ketones (excluding diaryl/α,β-unsaturated/α-hetero) is 1. The van der Waals surface area contributed by atoms with Crippen molar-refractivity contribution in [2.75, 3.05) is 0 Å². The van der Waals surface area contributed by atoms with Gasteiger partial charge >= 0.3 is 0 Å². The number of rotatable bonds is 1. The Morgan fingerprint density at radius 1 is 1.40 bits per heavy atom. The highest BCUT2D eigenvalue weighted by molar-refractivity contribution is 7.20. The second kappa shape index (κ2) is 3.27. The number of ketones is 1. The van der Waals surface area contributed by atoms with Crippen molar-refractivity contribution in [2.24, 2.45) is 0 Å². The van der Waals surface area contributed by atoms with Crippen molar-refractivity contribution in [3.05, 3.63) is 26.6 Å². The molecule has 0 bridgehead atoms. The van der Waals surface area contributed by atoms with Crippen LogP contribution in [0.2, 0.25) is 0 Å². The number of thiophene rings is 1. The van der Waals surface area contributed by atoms with Gasteiger partial charge in [0.05, 0.1) is 10.3 Å². The van der Waals surface area contributed by atoms with E-state index >= 15 is 0 Å². The van der Waals surface area contributed by atoms with E-state index in [1.807, 2.05) is 0 Å². The first kappa shape index (κ1) is 10.0. The lowest BCUT2D eigenvalue weighted by atomic mass is 10.2. The summed E-state index contributed by atoms with van der Waals surface area (Å²) in [6.07, 6.45) is 0. The van der Waals surface area contributed by atoms with Gasteiger partial charge in [0.1, 0.15) is 10.7 Å². The molecule has 0 unspecified atom stereocenters. The predicted octanol–water partition coefficient (Wildman–Crippen LogP) is 1.80. The van der Waals surface area contributed by atoms with Crippen molar-refractivity contribution in [2.45, 2.75) is 20.8 Å². The Balaban J connectivity index is 2.94. The molecule has 0 fully saturated rings. The number of aromatic nitrogens is 2. The summed E-state index contributed by atoms with van der Waals surface area (Å²) in [6.45, 7) is 5.00. The Hall–Kier alpha value is -1.49. The van der Waals surface area contributed by atoms with Gasteiger partial charge in [0.15, 0.2) is 5.78 Å². The molecule has 2 heterocycles. The molecule has 0 radical (unpaired) electrons. The van der Waals surface area contributed by atoms with Crippen molar-refractivity contribution in [3.63, 3.8) is 0 Å². The largest absolute Gasteiger partial charge is 0.310 e. The van der Waals surface area contributed by atoms with Crippen molar-refractivity contribution < 1.29 is 4.79 Å². The molecule has 0 amide bonds. The molecular weight excluding hydrogens is 212 g/mol. The third-order valence-electron chi connectivity index (χ3n) is 2.24. The number of fused-ring (bicyclic) bond motifs is 1. The van der Waals surface area contributed by atoms with Gasteiger partial charge in [-0.05, 0) is 26.3 Å². The SMILES string of the molecule is CC(=O)c1sc2nc(C)[nH]c(=O)c2c1C. The van der Waals surface area contributed by atoms with Crippen LogP contribution in [-0.4, -0.2) is 15.8 Å². The van der Waals surface area contributed by atoms with Crippen molar-refractivity contribution >= 4 is 27.3 Å². The highest BCUT2D eigenvalue weighted by atomic mass is 32.1. The van der Waals surface area contributed by atoms with Crippen LogP contribution in [0.1, 0.15) is 28.0 Å². The topological polar surface area (TPSA) is 62.8 Å². The van der Waals surface area contributed by atoms with Crippen molar-refractivity contribution in [1.29, 1.82) is 0 Å². The van der Waals surface area contributed by atoms with Gasteiger partial charge in [-0.3, -0.25) is 9.59 Å². The van der Waals surface area contributed by atoms with E-state index in [0.29, 0.717) is 20.9 Å². The second-order valence-corrected chi connectivity index (χ2v) is 4.44. The molecule has 0 spiro atoms. The predicted molar refractivity (Wildman–Crippen MR) is 59.7 cm³/mol. The summed E-state index contributed by atoms with van der Waals surface area (Å²) in [5.41, 5.74) is 0.565. The van der Waals surface area contributed by atoms with Gasteiger partial charge < -0.3 is 4.98 Å². The molecule has 0 aliphatic carbocycles. The zero-order valence-corrected chi connectivity index (χ0v) is 9.49. The second-order valence-electron chi connectivity index (χ2n) is 3.44. The smallest absolute Gasteiger partial charge is 0.259 e. The molecular formula is C10H10N2O2S. The van der Waals surface area contributed by atoms with E-state index in [1.54, 1.807) is 13.8 Å². The van der Waals surface area contributed by atoms with Crippen molar-refractivity contribution in [3.8, 4) is 0 Å². The third kappa shape index (κ3) is 1.48. The molecule has 5 heteroatoms. The maximum absolute atomic E-state index is 11.7. The van der Waals surface area contributed by atoms with Gasteiger partial charge in [-0.15, -0.1) is 11.3 Å². The van der Waals surface area contributed by atoms with Crippen LogP contribution in [-0.2, 0) is 0 Å². The number of nitrogens with one attached hydrogen (secondary N) is 1. The lowest BCUT2D eigenvalue weighted by Crippen LogP contribution is -2.09. The van der Waals surface area contributed by atoms with Crippen LogP contribution >= 0.6 is 11.3 Å². The number of aromatic amines is 1. The fraction of sp³-hybridized carbons (Fsp3) is 0.300. The molecule has 0 saturated carbocycles. The zero-order chi connectivity index (χ0) is 11.2. The van der Waals surface area contributed by atoms with Crippen LogP contribution in [0.25, 0.3) is 10.2 Å². The Morgan fingerprint density at radius 2 is 2.07 bits per heavy atom. The normalized spacial score (nSPS) is 10.9. The van der Waals surface area contributed by atoms with E-state index in [9.17, 15) is 9.59 Å². The molecule has 2 aromatic heterocycles. The molecule has 0 atom stereocenters. The maximum Gasteiger partial charge on any atom is 0.259 e. The van der Waals surface area contributed by atoms with Crippen LogP contribution in [0.4, 0.5) is 0 Å². The summed E-state index contributed by atoms with van der Waals surface area (Å²) in [7, 11) is 0. The summed E-state index contributed by atoms with van der Waals surface area (Å²) in [5.74, 6) is 0.552. The van der Waals surface area contributed by atoms with Crippen LogP contribution in [0, 0.1) is 13.8 Å². The first-order valence-electron chi connectivity index (χ1n) is 4.51. The van der Waals surface area contributed by atoms with Gasteiger partial charge in [-0.1, -0.05) is 0 Å². The van der Waals surface area contributed by atoms with Crippen LogP contribution in [0.3, 0.4) is 0 Å². The van der Waals surface area contributed by atoms with E-state index in [4.69, 9.17) is 0 Å². The van der Waals surface area contributed by atoms with Crippen LogP contribution in [0.15, 0.2) is 4.79 Å². The van der Waals surface area contributed by atoms with Gasteiger partial charge in [-0.2, -0.15) is 0 Å². The molecule has 0 aromatic carbocycles. The fourth-order valence-electron chi connectivity index (χ4n) is 1.59. The van der Waals surface area contributed by atoms with E-state index in [1.165, 1.54) is 18.3 Å². The van der Waals surface area contributed by atoms with Gasteiger partial charge in [0.25, 0.3) is 5.56 Å². The summed E-state index contributed by atoms with van der Waals surface area (Å²) in [5, 5.41) is 0.538. The Kier molecular flexibility index (Phi) is 2.19. The summed E-state index contributed by atoms with van der Waals surface area (Å²) >= 11 is 1.28. The van der Waals surface area contributed by atoms with E-state index < -0.39 is 0 Å². The van der Waals surface area contributed by atoms with E-state index in [-0.39, 0.29) is 11.3 Å². The first-order chi connectivity index (χ1) is 7.00. The molecule has 2 rings (SSSR count). The Morgan fingerprint density at radius 3 is 2.67 bits per heavy atom. The quantitative estimate of drug-likeness (QED) is 0.748. The summed E-state index contributed by atoms with van der Waals surface area (Å²) in [6, 6.07) is 0. The summed E-state index contributed by atoms with van der Waals surface area (Å²) < 4.78 is 0. The standard InChI is InChI=1S/C10H10N2O2S/c1-4-7-9(14)11-6(3)12-10(7)15-8(4)5(2)13/h1-3H3,(H,11,12,14). The molecule has 1 N–H and O–H groups in total. The molecule has 2 aromatic rings. The lowest BCUT2D eigenvalue weighted by molar-refractivity contribution is 0.102. The molecule has 78 valence electrons. The van der Waals surface area contributed by atoms with E-state index in [2.05, 4.69) is 9.97 Å². The molecule has 0 saturated heterocycles. The van der Waals surface area contributed by atoms with Crippen LogP contribution < -0.4 is 5.56 Å². The number of H-pyrrole nitrogens is 1. The zero-order valence-electron chi connectivity index (χ0n) is 8.67. The number of aryl methyl sites for hydroxylation is 2. The maximum atomic E-state index is 11.7. The molecule has 0 aliphatic rings. The van der Waals surface area contributed by atoms with Gasteiger partial charge in [0.2, 0.25) is 0 Å². The minimum Gasteiger partial charge on any atom is -0.310 e. The Labute approximate surface area is 90.0 Å². The average Bonchev–Trinajstić information content (AvgIpc) is 2.42. The number of hydrogen-bond donors (Lipinski definition) is 1. The minimum absolute atomic E-state index is 0.0208. The fourth-order valence-corrected chi connectivity index (χ4v) is 2.71. The first-order valence-corrected chi connectivity index (χ1v) is 5.33. The molecule has 0 aliphatic heterocycles. The van der Waals surface area contributed by atoms with Gasteiger partial charge in [-0.25, -0.2) is 4.98 Å². The molecule has 15 heavy (non-hydrogen) atoms. The van der Waals surface area contributed by atoms with Crippen LogP contribution in [0.5, 0.6) is 0 Å². The number of nitrogens with zero attached hydrogens (tertiary/aromatic N) is 1. The lowest BCUT2D eigenvalue weighted by Gasteiger charge is -1.92. The monoisotopic (exact) mass is 222 g/mol. The number of hydrogen-bond acceptors (Lipinski definition) is 4. The highest BCUT2D eigenvalue weighted by Gasteiger charge is 2.15. The Bertz CT molecular complexity index is 610. The third-order valence-corrected chi connectivity index (χ3v) is 3.53. The molecule has 4 nitrogen and oxygen atoms in total. The average molecular weight is 222 g/mol. The number of carbonyl (C=O) groups excluding carboxylic acids is 1. The van der Waals surface area contributed by atoms with E-state index in [0.717, 1.165) is 5.56 Å². The van der Waals surface area contributed by atoms with Crippen molar-refractivity contribution in [1.82, 2.24) is 9.97 Å².